The number of methoxy groups -OCH3 is 2. The van der Waals surface area contributed by atoms with E-state index >= 15 is 0 Å². The Morgan fingerprint density at radius 2 is 1.71 bits per heavy atom. The van der Waals surface area contributed by atoms with Crippen molar-refractivity contribution in [1.29, 1.82) is 0 Å². The Kier molecular flexibility index (Phi) is 6.36. The van der Waals surface area contributed by atoms with E-state index in [2.05, 4.69) is 0 Å². The van der Waals surface area contributed by atoms with Gasteiger partial charge < -0.3 is 19.7 Å². The standard InChI is InChI=1S/C25H18ClF2NO6/c1-34-19-11-16(26)20(35-2)10-15(19)23(31)21-22(12-4-3-5-14(30)8-12)29(25(33)24(21)32)18-7-6-13(27)9-17(18)28/h3-11,22,30-31H,1-2H3/b23-21+. The minimum absolute atomic E-state index is 0.0171. The number of phenolic OH excluding ortho intramolecular Hbond substituents is 1. The Labute approximate surface area is 203 Å². The summed E-state index contributed by atoms with van der Waals surface area (Å²) in [6.45, 7) is 0. The number of halogens is 3. The molecule has 2 N–H and O–H groups in total. The molecule has 1 unspecified atom stereocenters. The molecule has 3 aromatic rings. The van der Waals surface area contributed by atoms with Crippen molar-refractivity contribution in [3.05, 3.63) is 88.0 Å². The van der Waals surface area contributed by atoms with Gasteiger partial charge in [-0.05, 0) is 35.9 Å². The van der Waals surface area contributed by atoms with E-state index in [4.69, 9.17) is 21.1 Å². The second kappa shape index (κ2) is 9.27. The van der Waals surface area contributed by atoms with E-state index in [1.807, 2.05) is 0 Å². The molecule has 1 heterocycles. The first-order chi connectivity index (χ1) is 16.7. The van der Waals surface area contributed by atoms with Crippen molar-refractivity contribution in [2.75, 3.05) is 19.1 Å². The van der Waals surface area contributed by atoms with Crippen molar-refractivity contribution in [1.82, 2.24) is 0 Å². The van der Waals surface area contributed by atoms with Gasteiger partial charge in [-0.2, -0.15) is 0 Å². The highest BCUT2D eigenvalue weighted by atomic mass is 35.5. The van der Waals surface area contributed by atoms with E-state index in [1.54, 1.807) is 0 Å². The summed E-state index contributed by atoms with van der Waals surface area (Å²) >= 11 is 6.14. The minimum Gasteiger partial charge on any atom is -0.508 e. The maximum atomic E-state index is 14.8. The van der Waals surface area contributed by atoms with Gasteiger partial charge in [0.05, 0.1) is 42.1 Å². The summed E-state index contributed by atoms with van der Waals surface area (Å²) in [6.07, 6.45) is 0. The van der Waals surface area contributed by atoms with Gasteiger partial charge in [0.1, 0.15) is 34.6 Å². The van der Waals surface area contributed by atoms with Crippen molar-refractivity contribution in [3.63, 3.8) is 0 Å². The molecular weight excluding hydrogens is 484 g/mol. The molecule has 1 atom stereocenters. The number of ether oxygens (including phenoxy) is 2. The van der Waals surface area contributed by atoms with Crippen LogP contribution >= 0.6 is 11.6 Å². The zero-order chi connectivity index (χ0) is 25.4. The highest BCUT2D eigenvalue weighted by Crippen LogP contribution is 2.45. The second-order valence-electron chi connectivity index (χ2n) is 7.55. The first-order valence-corrected chi connectivity index (χ1v) is 10.5. The van der Waals surface area contributed by atoms with Crippen molar-refractivity contribution >= 4 is 34.7 Å². The Balaban J connectivity index is 2.03. The number of carbonyl (C=O) groups is 2. The Bertz CT molecular complexity index is 1390. The molecule has 0 spiro atoms. The number of hydrogen-bond donors (Lipinski definition) is 2. The quantitative estimate of drug-likeness (QED) is 0.291. The van der Waals surface area contributed by atoms with Crippen LogP contribution < -0.4 is 14.4 Å². The number of aliphatic hydroxyl groups excluding tert-OH is 1. The lowest BCUT2D eigenvalue weighted by molar-refractivity contribution is -0.132. The molecule has 180 valence electrons. The number of anilines is 1. The van der Waals surface area contributed by atoms with Gasteiger partial charge in [0.15, 0.2) is 0 Å². The molecule has 3 aromatic carbocycles. The largest absolute Gasteiger partial charge is 0.508 e. The van der Waals surface area contributed by atoms with Crippen LogP contribution in [0.1, 0.15) is 17.2 Å². The fraction of sp³-hybridized carbons (Fsp3) is 0.120. The minimum atomic E-state index is -1.37. The van der Waals surface area contributed by atoms with Gasteiger partial charge in [-0.25, -0.2) is 8.78 Å². The number of nitrogens with zero attached hydrogens (tertiary/aromatic N) is 1. The van der Waals surface area contributed by atoms with Crippen LogP contribution in [-0.4, -0.2) is 36.1 Å². The smallest absolute Gasteiger partial charge is 0.300 e. The molecule has 0 saturated carbocycles. The zero-order valence-corrected chi connectivity index (χ0v) is 19.1. The molecule has 4 rings (SSSR count). The maximum absolute atomic E-state index is 14.8. The Hall–Kier alpha value is -4.11. The third-order valence-electron chi connectivity index (χ3n) is 5.53. The van der Waals surface area contributed by atoms with Crippen LogP contribution in [0.2, 0.25) is 5.02 Å². The molecule has 1 amide bonds. The van der Waals surface area contributed by atoms with Crippen LogP contribution in [-0.2, 0) is 9.59 Å². The average molecular weight is 502 g/mol. The van der Waals surface area contributed by atoms with Crippen molar-refractivity contribution in [3.8, 4) is 17.2 Å². The number of hydrogen-bond acceptors (Lipinski definition) is 6. The predicted molar refractivity (Wildman–Crippen MR) is 124 cm³/mol. The predicted octanol–water partition coefficient (Wildman–Crippen LogP) is 4.97. The van der Waals surface area contributed by atoms with E-state index in [9.17, 15) is 28.6 Å². The van der Waals surface area contributed by atoms with Gasteiger partial charge in [-0.3, -0.25) is 14.5 Å². The summed E-state index contributed by atoms with van der Waals surface area (Å²) < 4.78 is 38.8. The summed E-state index contributed by atoms with van der Waals surface area (Å²) in [4.78, 5) is 27.1. The van der Waals surface area contributed by atoms with E-state index in [0.29, 0.717) is 6.07 Å². The van der Waals surface area contributed by atoms with Gasteiger partial charge in [0.25, 0.3) is 11.7 Å². The average Bonchev–Trinajstić information content (AvgIpc) is 3.09. The number of aromatic hydroxyl groups is 1. The van der Waals surface area contributed by atoms with Crippen LogP contribution in [0.25, 0.3) is 5.76 Å². The second-order valence-corrected chi connectivity index (χ2v) is 7.95. The van der Waals surface area contributed by atoms with E-state index < -0.39 is 40.7 Å². The molecule has 0 aromatic heterocycles. The molecule has 1 aliphatic rings. The topological polar surface area (TPSA) is 96.3 Å². The van der Waals surface area contributed by atoms with E-state index in [0.717, 1.165) is 17.0 Å². The fourth-order valence-corrected chi connectivity index (χ4v) is 4.19. The number of benzene rings is 3. The Morgan fingerprint density at radius 3 is 2.34 bits per heavy atom. The lowest BCUT2D eigenvalue weighted by Crippen LogP contribution is -2.30. The van der Waals surface area contributed by atoms with Crippen LogP contribution in [0.5, 0.6) is 17.2 Å². The number of rotatable bonds is 5. The van der Waals surface area contributed by atoms with Gasteiger partial charge in [0.2, 0.25) is 0 Å². The number of phenols is 1. The van der Waals surface area contributed by atoms with Crippen LogP contribution in [0.3, 0.4) is 0 Å². The maximum Gasteiger partial charge on any atom is 0.300 e. The van der Waals surface area contributed by atoms with Gasteiger partial charge >= 0.3 is 0 Å². The highest BCUT2D eigenvalue weighted by molar-refractivity contribution is 6.51. The van der Waals surface area contributed by atoms with Crippen molar-refractivity contribution < 1.29 is 38.1 Å². The van der Waals surface area contributed by atoms with E-state index in [-0.39, 0.29) is 39.1 Å². The molecule has 35 heavy (non-hydrogen) atoms. The summed E-state index contributed by atoms with van der Waals surface area (Å²) in [6, 6.07) is 9.39. The van der Waals surface area contributed by atoms with Gasteiger partial charge in [-0.1, -0.05) is 23.7 Å². The number of aliphatic hydroxyl groups is 1. The third kappa shape index (κ3) is 4.15. The molecule has 10 heteroatoms. The third-order valence-corrected chi connectivity index (χ3v) is 5.82. The zero-order valence-electron chi connectivity index (χ0n) is 18.4. The van der Waals surface area contributed by atoms with Crippen LogP contribution in [0, 0.1) is 11.6 Å². The molecule has 1 aliphatic heterocycles. The van der Waals surface area contributed by atoms with Crippen LogP contribution in [0.4, 0.5) is 14.5 Å². The van der Waals surface area contributed by atoms with Crippen molar-refractivity contribution in [2.45, 2.75) is 6.04 Å². The Morgan fingerprint density at radius 1 is 1.00 bits per heavy atom. The van der Waals surface area contributed by atoms with E-state index in [1.165, 1.54) is 50.6 Å². The SMILES string of the molecule is COc1cc(/C(O)=C2\C(=O)C(=O)N(c3ccc(F)cc3F)C2c2cccc(O)c2)c(OC)cc1Cl. The number of carbonyl (C=O) groups excluding carboxylic acids is 2. The molecule has 0 aliphatic carbocycles. The molecule has 0 bridgehead atoms. The number of Topliss-reactive ketones (excluding diaryl/α,β-unsaturated/α-hetero) is 1. The fourth-order valence-electron chi connectivity index (χ4n) is 3.96. The number of amides is 1. The monoisotopic (exact) mass is 501 g/mol. The summed E-state index contributed by atoms with van der Waals surface area (Å²) in [5.74, 6) is -4.88. The molecule has 1 fully saturated rings. The molecule has 1 saturated heterocycles. The first-order valence-electron chi connectivity index (χ1n) is 10.1. The summed E-state index contributed by atoms with van der Waals surface area (Å²) in [7, 11) is 2.66. The van der Waals surface area contributed by atoms with Crippen molar-refractivity contribution in [2.24, 2.45) is 0 Å². The lowest BCUT2D eigenvalue weighted by atomic mass is 9.94. The number of ketones is 1. The summed E-state index contributed by atoms with van der Waals surface area (Å²) in [5, 5.41) is 21.5. The summed E-state index contributed by atoms with van der Waals surface area (Å²) in [5.41, 5.74) is -0.626. The highest BCUT2D eigenvalue weighted by Gasteiger charge is 2.48. The van der Waals surface area contributed by atoms with Gasteiger partial charge in [-0.15, -0.1) is 0 Å². The van der Waals surface area contributed by atoms with Gasteiger partial charge in [0, 0.05) is 12.1 Å². The molecular formula is C25H18ClF2NO6. The molecule has 0 radical (unpaired) electrons. The lowest BCUT2D eigenvalue weighted by Gasteiger charge is -2.26. The normalized spacial score (nSPS) is 17.1. The molecule has 7 nitrogen and oxygen atoms in total. The first kappa shape index (κ1) is 24.0. The van der Waals surface area contributed by atoms with Crippen LogP contribution in [0.15, 0.2) is 60.2 Å².